The summed E-state index contributed by atoms with van der Waals surface area (Å²) in [4.78, 5) is 21.9. The van der Waals surface area contributed by atoms with Crippen molar-refractivity contribution in [3.05, 3.63) is 47.9 Å². The second kappa shape index (κ2) is 6.77. The number of aryl methyl sites for hydroxylation is 1. The number of hydrogen-bond acceptors (Lipinski definition) is 5. The first-order chi connectivity index (χ1) is 12.9. The number of fused-ring (bicyclic) bond motifs is 1. The number of nitrogens with two attached hydrogens (primary N) is 1. The highest BCUT2D eigenvalue weighted by Gasteiger charge is 2.23. The van der Waals surface area contributed by atoms with Crippen LogP contribution in [-0.2, 0) is 16.3 Å². The van der Waals surface area contributed by atoms with E-state index < -0.39 is 15.9 Å². The molecular formula is C19H20N4O3S. The quantitative estimate of drug-likeness (QED) is 0.854. The molecule has 2 N–H and O–H groups in total. The molecule has 0 aliphatic carbocycles. The van der Waals surface area contributed by atoms with Crippen molar-refractivity contribution in [2.45, 2.75) is 19.3 Å². The summed E-state index contributed by atoms with van der Waals surface area (Å²) in [5.41, 5.74) is 10.2. The molecule has 4 heterocycles. The minimum absolute atomic E-state index is 0.0793. The summed E-state index contributed by atoms with van der Waals surface area (Å²) >= 11 is 0. The smallest absolute Gasteiger partial charge is 0.320 e. The van der Waals surface area contributed by atoms with Crippen LogP contribution in [0.3, 0.4) is 0 Å². The summed E-state index contributed by atoms with van der Waals surface area (Å²) in [5, 5.41) is 0. The van der Waals surface area contributed by atoms with Gasteiger partial charge in [-0.25, -0.2) is 18.2 Å². The normalized spacial score (nSPS) is 18.5. The number of allylic oxidation sites excluding steroid dienone is 1. The lowest BCUT2D eigenvalue weighted by Gasteiger charge is -2.26. The van der Waals surface area contributed by atoms with Crippen molar-refractivity contribution in [3.8, 4) is 11.1 Å². The Hall–Kier alpha value is -2.74. The molecule has 2 aromatic heterocycles. The zero-order valence-electron chi connectivity index (χ0n) is 14.8. The molecule has 8 heteroatoms. The van der Waals surface area contributed by atoms with Crippen molar-refractivity contribution in [1.29, 1.82) is 0 Å². The van der Waals surface area contributed by atoms with Crippen molar-refractivity contribution >= 4 is 27.3 Å². The minimum atomic E-state index is -2.96. The van der Waals surface area contributed by atoms with Gasteiger partial charge in [-0.05, 0) is 48.1 Å². The zero-order valence-corrected chi connectivity index (χ0v) is 15.6. The summed E-state index contributed by atoms with van der Waals surface area (Å²) in [6, 6.07) is 3.55. The van der Waals surface area contributed by atoms with E-state index in [2.05, 4.69) is 9.97 Å². The van der Waals surface area contributed by atoms with Gasteiger partial charge in [0.2, 0.25) is 0 Å². The van der Waals surface area contributed by atoms with Gasteiger partial charge in [0, 0.05) is 36.3 Å². The number of hydrogen-bond donors (Lipinski definition) is 1. The van der Waals surface area contributed by atoms with E-state index in [4.69, 9.17) is 5.73 Å². The van der Waals surface area contributed by atoms with Gasteiger partial charge in [-0.1, -0.05) is 6.08 Å². The number of sulfone groups is 1. The molecule has 0 spiro atoms. The fraction of sp³-hybridized carbons (Fsp3) is 0.316. The van der Waals surface area contributed by atoms with Crippen molar-refractivity contribution in [2.75, 3.05) is 23.0 Å². The first-order valence-electron chi connectivity index (χ1n) is 8.84. The molecule has 27 heavy (non-hydrogen) atoms. The molecule has 0 fully saturated rings. The number of nitrogens with zero attached hydrogens (tertiary/aromatic N) is 3. The van der Waals surface area contributed by atoms with Gasteiger partial charge in [-0.3, -0.25) is 9.88 Å². The summed E-state index contributed by atoms with van der Waals surface area (Å²) < 4.78 is 23.2. The number of primary amides is 1. The zero-order chi connectivity index (χ0) is 19.0. The van der Waals surface area contributed by atoms with Gasteiger partial charge in [0.15, 0.2) is 9.84 Å². The number of anilines is 1. The number of pyridine rings is 2. The second-order valence-corrected chi connectivity index (χ2v) is 9.08. The standard InChI is InChI=1S/C19H20N4O3S/c20-19(24)23-5-1-2-14-8-17(12-22-18(14)23)16-9-15(10-21-11-16)13-3-6-27(25,26)7-4-13/h3,8-12H,1-2,4-7H2,(H2,20,24). The van der Waals surface area contributed by atoms with Crippen molar-refractivity contribution in [2.24, 2.45) is 5.73 Å². The Morgan fingerprint density at radius 3 is 2.59 bits per heavy atom. The van der Waals surface area contributed by atoms with Crippen LogP contribution in [0, 0.1) is 0 Å². The molecule has 0 bridgehead atoms. The molecule has 0 atom stereocenters. The topological polar surface area (TPSA) is 106 Å². The van der Waals surface area contributed by atoms with Crippen LogP contribution in [0.4, 0.5) is 10.6 Å². The fourth-order valence-electron chi connectivity index (χ4n) is 3.55. The van der Waals surface area contributed by atoms with E-state index in [-0.39, 0.29) is 11.5 Å². The van der Waals surface area contributed by atoms with E-state index in [1.165, 1.54) is 4.90 Å². The number of aromatic nitrogens is 2. The lowest BCUT2D eigenvalue weighted by Crippen LogP contribution is -2.40. The molecule has 0 saturated carbocycles. The summed E-state index contributed by atoms with van der Waals surface area (Å²) in [6.45, 7) is 0.586. The van der Waals surface area contributed by atoms with E-state index in [1.807, 2.05) is 12.1 Å². The van der Waals surface area contributed by atoms with Crippen LogP contribution in [0.25, 0.3) is 16.7 Å². The minimum Gasteiger partial charge on any atom is -0.351 e. The highest BCUT2D eigenvalue weighted by atomic mass is 32.2. The monoisotopic (exact) mass is 384 g/mol. The molecule has 0 radical (unpaired) electrons. The third-order valence-corrected chi connectivity index (χ3v) is 6.50. The van der Waals surface area contributed by atoms with Crippen LogP contribution in [0.1, 0.15) is 24.0 Å². The van der Waals surface area contributed by atoms with Gasteiger partial charge in [-0.15, -0.1) is 0 Å². The number of urea groups is 1. The van der Waals surface area contributed by atoms with E-state index >= 15 is 0 Å². The lowest BCUT2D eigenvalue weighted by atomic mass is 9.98. The SMILES string of the molecule is NC(=O)N1CCCc2cc(-c3cncc(C4=CCS(=O)(=O)CC4)c3)cnc21. The van der Waals surface area contributed by atoms with Crippen LogP contribution in [-0.4, -0.2) is 42.5 Å². The number of rotatable bonds is 2. The predicted molar refractivity (Wildman–Crippen MR) is 104 cm³/mol. The molecule has 140 valence electrons. The van der Waals surface area contributed by atoms with Gasteiger partial charge >= 0.3 is 6.03 Å². The Balaban J connectivity index is 1.67. The fourth-order valence-corrected chi connectivity index (χ4v) is 4.70. The molecule has 2 aromatic rings. The summed E-state index contributed by atoms with van der Waals surface area (Å²) in [6.07, 6.45) is 9.21. The van der Waals surface area contributed by atoms with Crippen molar-refractivity contribution < 1.29 is 13.2 Å². The van der Waals surface area contributed by atoms with E-state index in [9.17, 15) is 13.2 Å². The average Bonchev–Trinajstić information content (AvgIpc) is 2.67. The van der Waals surface area contributed by atoms with Gasteiger partial charge < -0.3 is 5.73 Å². The number of carbonyl (C=O) groups excluding carboxylic acids is 1. The van der Waals surface area contributed by atoms with Crippen LogP contribution in [0.15, 0.2) is 36.8 Å². The third-order valence-electron chi connectivity index (χ3n) is 5.00. The maximum absolute atomic E-state index is 11.6. The lowest BCUT2D eigenvalue weighted by molar-refractivity contribution is 0.253. The van der Waals surface area contributed by atoms with Gasteiger partial charge in [0.1, 0.15) is 5.82 Å². The van der Waals surface area contributed by atoms with Gasteiger partial charge in [-0.2, -0.15) is 0 Å². The van der Waals surface area contributed by atoms with Crippen LogP contribution >= 0.6 is 0 Å². The van der Waals surface area contributed by atoms with Crippen molar-refractivity contribution in [1.82, 2.24) is 9.97 Å². The highest BCUT2D eigenvalue weighted by molar-refractivity contribution is 7.91. The molecular weight excluding hydrogens is 364 g/mol. The largest absolute Gasteiger partial charge is 0.351 e. The molecule has 0 saturated heterocycles. The summed E-state index contributed by atoms with van der Waals surface area (Å²) in [7, 11) is -2.96. The number of amides is 2. The molecule has 2 amide bonds. The Morgan fingerprint density at radius 2 is 1.85 bits per heavy atom. The Kier molecular flexibility index (Phi) is 4.43. The molecule has 4 rings (SSSR count). The average molecular weight is 384 g/mol. The molecule has 2 aliphatic heterocycles. The molecule has 0 aromatic carbocycles. The van der Waals surface area contributed by atoms with Gasteiger partial charge in [0.05, 0.1) is 11.5 Å². The highest BCUT2D eigenvalue weighted by Crippen LogP contribution is 2.31. The predicted octanol–water partition coefficient (Wildman–Crippen LogP) is 2.18. The van der Waals surface area contributed by atoms with Crippen LogP contribution in [0.5, 0.6) is 0 Å². The second-order valence-electron chi connectivity index (χ2n) is 6.86. The Labute approximate surface area is 157 Å². The Morgan fingerprint density at radius 1 is 1.07 bits per heavy atom. The molecule has 0 unspecified atom stereocenters. The first-order valence-corrected chi connectivity index (χ1v) is 10.7. The van der Waals surface area contributed by atoms with Crippen LogP contribution in [0.2, 0.25) is 0 Å². The van der Waals surface area contributed by atoms with Crippen LogP contribution < -0.4 is 10.6 Å². The third kappa shape index (κ3) is 3.57. The summed E-state index contributed by atoms with van der Waals surface area (Å²) in [5.74, 6) is 0.879. The van der Waals surface area contributed by atoms with E-state index in [1.54, 1.807) is 24.7 Å². The maximum atomic E-state index is 11.6. The first kappa shape index (κ1) is 17.7. The Bertz CT molecular complexity index is 1050. The molecule has 2 aliphatic rings. The number of carbonyl (C=O) groups is 1. The maximum Gasteiger partial charge on any atom is 0.320 e. The van der Waals surface area contributed by atoms with E-state index in [0.29, 0.717) is 18.8 Å². The van der Waals surface area contributed by atoms with Crippen molar-refractivity contribution in [3.63, 3.8) is 0 Å². The van der Waals surface area contributed by atoms with Gasteiger partial charge in [0.25, 0.3) is 0 Å². The molecule has 7 nitrogen and oxygen atoms in total. The van der Waals surface area contributed by atoms with E-state index in [0.717, 1.165) is 40.7 Å².